The molecule has 23 heavy (non-hydrogen) atoms. The Bertz CT molecular complexity index is 765. The molecule has 2 nitrogen and oxygen atoms in total. The normalized spacial score (nSPS) is 11.7. The monoisotopic (exact) mass is 308 g/mol. The van der Waals surface area contributed by atoms with Crippen molar-refractivity contribution < 1.29 is 9.90 Å². The molecular weight excluding hydrogens is 284 g/mol. The van der Waals surface area contributed by atoms with E-state index in [-0.39, 0.29) is 11.5 Å². The number of allylic oxidation sites excluding steroid dienone is 1. The van der Waals surface area contributed by atoms with Gasteiger partial charge in [0.2, 0.25) is 0 Å². The Morgan fingerprint density at radius 1 is 0.739 bits per heavy atom. The van der Waals surface area contributed by atoms with Gasteiger partial charge in [-0.1, -0.05) is 35.4 Å². The van der Waals surface area contributed by atoms with Crippen molar-refractivity contribution in [2.45, 2.75) is 41.5 Å². The summed E-state index contributed by atoms with van der Waals surface area (Å²) in [6.45, 7) is 11.8. The van der Waals surface area contributed by atoms with E-state index in [4.69, 9.17) is 0 Å². The third-order valence-electron chi connectivity index (χ3n) is 4.12. The van der Waals surface area contributed by atoms with Crippen molar-refractivity contribution >= 4 is 11.5 Å². The fourth-order valence-electron chi connectivity index (χ4n) is 3.42. The Morgan fingerprint density at radius 3 is 1.48 bits per heavy atom. The van der Waals surface area contributed by atoms with E-state index in [1.54, 1.807) is 0 Å². The van der Waals surface area contributed by atoms with E-state index in [1.165, 1.54) is 6.08 Å². The average Bonchev–Trinajstić information content (AvgIpc) is 2.35. The van der Waals surface area contributed by atoms with E-state index in [9.17, 15) is 9.90 Å². The molecule has 2 aromatic carbocycles. The molecule has 0 saturated heterocycles. The van der Waals surface area contributed by atoms with Crippen LogP contribution < -0.4 is 0 Å². The molecule has 0 aliphatic heterocycles. The van der Waals surface area contributed by atoms with Crippen LogP contribution >= 0.6 is 0 Å². The standard InChI is InChI=1S/C21H24O2/c1-12-7-14(3)20(15(4)8-12)18(22)11-19(23)21-16(5)9-13(2)10-17(21)6/h7-11,22H,1-6H3. The molecule has 0 radical (unpaired) electrons. The second-order valence-corrected chi connectivity index (χ2v) is 6.44. The quantitative estimate of drug-likeness (QED) is 0.473. The summed E-state index contributed by atoms with van der Waals surface area (Å²) in [5.41, 5.74) is 7.52. The SMILES string of the molecule is Cc1cc(C)c(C(=O)C=C(O)c2c(C)cc(C)cc2C)c(C)c1. The minimum atomic E-state index is -0.156. The second-order valence-electron chi connectivity index (χ2n) is 6.44. The second kappa shape index (κ2) is 6.41. The fraction of sp³-hybridized carbons (Fsp3) is 0.286. The molecule has 2 rings (SSSR count). The lowest BCUT2D eigenvalue weighted by Crippen LogP contribution is -2.04. The van der Waals surface area contributed by atoms with Crippen molar-refractivity contribution in [1.82, 2.24) is 0 Å². The lowest BCUT2D eigenvalue weighted by atomic mass is 9.94. The highest BCUT2D eigenvalue weighted by Crippen LogP contribution is 2.24. The van der Waals surface area contributed by atoms with Gasteiger partial charge in [0.15, 0.2) is 5.78 Å². The van der Waals surface area contributed by atoms with Crippen LogP contribution in [0, 0.1) is 41.5 Å². The van der Waals surface area contributed by atoms with Crippen LogP contribution in [0.2, 0.25) is 0 Å². The van der Waals surface area contributed by atoms with E-state index < -0.39 is 0 Å². The Labute approximate surface area is 138 Å². The molecule has 0 unspecified atom stereocenters. The van der Waals surface area contributed by atoms with Gasteiger partial charge in [-0.3, -0.25) is 4.79 Å². The molecule has 2 aromatic rings. The zero-order chi connectivity index (χ0) is 17.3. The van der Waals surface area contributed by atoms with Gasteiger partial charge >= 0.3 is 0 Å². The number of carbonyl (C=O) groups is 1. The van der Waals surface area contributed by atoms with Crippen LogP contribution in [0.1, 0.15) is 49.3 Å². The average molecular weight is 308 g/mol. The van der Waals surface area contributed by atoms with E-state index in [0.717, 1.165) is 38.9 Å². The maximum Gasteiger partial charge on any atom is 0.190 e. The third-order valence-corrected chi connectivity index (χ3v) is 4.12. The maximum atomic E-state index is 12.6. The maximum absolute atomic E-state index is 12.6. The number of aliphatic hydroxyl groups is 1. The lowest BCUT2D eigenvalue weighted by Gasteiger charge is -2.12. The van der Waals surface area contributed by atoms with Gasteiger partial charge in [0.1, 0.15) is 5.76 Å². The first-order chi connectivity index (χ1) is 10.7. The van der Waals surface area contributed by atoms with E-state index in [1.807, 2.05) is 65.8 Å². The summed E-state index contributed by atoms with van der Waals surface area (Å²) in [4.78, 5) is 12.6. The van der Waals surface area contributed by atoms with Crippen molar-refractivity contribution in [3.8, 4) is 0 Å². The highest BCUT2D eigenvalue weighted by atomic mass is 16.3. The van der Waals surface area contributed by atoms with Gasteiger partial charge in [-0.25, -0.2) is 0 Å². The van der Waals surface area contributed by atoms with Crippen molar-refractivity contribution in [1.29, 1.82) is 0 Å². The van der Waals surface area contributed by atoms with Crippen molar-refractivity contribution in [2.24, 2.45) is 0 Å². The molecule has 120 valence electrons. The van der Waals surface area contributed by atoms with Gasteiger partial charge in [-0.2, -0.15) is 0 Å². The van der Waals surface area contributed by atoms with E-state index in [2.05, 4.69) is 0 Å². The van der Waals surface area contributed by atoms with Gasteiger partial charge in [0, 0.05) is 17.2 Å². The highest BCUT2D eigenvalue weighted by molar-refractivity contribution is 6.09. The molecule has 0 aromatic heterocycles. The number of hydrogen-bond acceptors (Lipinski definition) is 2. The van der Waals surface area contributed by atoms with Gasteiger partial charge in [-0.15, -0.1) is 0 Å². The first kappa shape index (κ1) is 17.0. The molecule has 0 aliphatic rings. The minimum absolute atomic E-state index is 0.0318. The number of hydrogen-bond donors (Lipinski definition) is 1. The summed E-state index contributed by atoms with van der Waals surface area (Å²) in [5, 5.41) is 10.5. The summed E-state index contributed by atoms with van der Waals surface area (Å²) < 4.78 is 0. The highest BCUT2D eigenvalue weighted by Gasteiger charge is 2.14. The smallest absolute Gasteiger partial charge is 0.190 e. The lowest BCUT2D eigenvalue weighted by molar-refractivity contribution is 0.104. The number of rotatable bonds is 3. The fourth-order valence-corrected chi connectivity index (χ4v) is 3.42. The van der Waals surface area contributed by atoms with Gasteiger partial charge in [-0.05, 0) is 63.8 Å². The molecule has 0 atom stereocenters. The summed E-state index contributed by atoms with van der Waals surface area (Å²) >= 11 is 0. The molecule has 2 heteroatoms. The number of ketones is 1. The van der Waals surface area contributed by atoms with Crippen LogP contribution in [0.4, 0.5) is 0 Å². The summed E-state index contributed by atoms with van der Waals surface area (Å²) in [7, 11) is 0. The largest absolute Gasteiger partial charge is 0.507 e. The predicted molar refractivity (Wildman–Crippen MR) is 96.2 cm³/mol. The molecule has 0 saturated carbocycles. The first-order valence-corrected chi connectivity index (χ1v) is 7.81. The summed E-state index contributed by atoms with van der Waals surface area (Å²) in [5.74, 6) is -0.124. The molecule has 0 spiro atoms. The third kappa shape index (κ3) is 3.53. The zero-order valence-electron chi connectivity index (χ0n) is 14.7. The minimum Gasteiger partial charge on any atom is -0.507 e. The molecule has 1 N–H and O–H groups in total. The Balaban J connectivity index is 2.49. The Hall–Kier alpha value is -2.35. The van der Waals surface area contributed by atoms with Crippen LogP contribution in [0.5, 0.6) is 0 Å². The van der Waals surface area contributed by atoms with E-state index in [0.29, 0.717) is 5.56 Å². The molecule has 0 aliphatic carbocycles. The molecule has 0 amide bonds. The van der Waals surface area contributed by atoms with Gasteiger partial charge < -0.3 is 5.11 Å². The van der Waals surface area contributed by atoms with E-state index >= 15 is 0 Å². The topological polar surface area (TPSA) is 37.3 Å². The van der Waals surface area contributed by atoms with Crippen LogP contribution in [-0.2, 0) is 0 Å². The van der Waals surface area contributed by atoms with Gasteiger partial charge in [0.25, 0.3) is 0 Å². The number of benzene rings is 2. The van der Waals surface area contributed by atoms with Crippen molar-refractivity contribution in [2.75, 3.05) is 0 Å². The van der Waals surface area contributed by atoms with Gasteiger partial charge in [0.05, 0.1) is 0 Å². The van der Waals surface area contributed by atoms with Crippen molar-refractivity contribution in [3.63, 3.8) is 0 Å². The number of carbonyl (C=O) groups excluding carboxylic acids is 1. The Kier molecular flexibility index (Phi) is 4.74. The van der Waals surface area contributed by atoms with Crippen LogP contribution in [0.25, 0.3) is 5.76 Å². The van der Waals surface area contributed by atoms with Crippen LogP contribution in [0.15, 0.2) is 30.3 Å². The molecule has 0 bridgehead atoms. The summed E-state index contributed by atoms with van der Waals surface area (Å²) in [6.07, 6.45) is 1.34. The van der Waals surface area contributed by atoms with Crippen LogP contribution in [0.3, 0.4) is 0 Å². The first-order valence-electron chi connectivity index (χ1n) is 7.81. The van der Waals surface area contributed by atoms with Crippen LogP contribution in [-0.4, -0.2) is 10.9 Å². The summed E-state index contributed by atoms with van der Waals surface area (Å²) in [6, 6.07) is 8.01. The molecule has 0 fully saturated rings. The molecule has 0 heterocycles. The predicted octanol–water partition coefficient (Wildman–Crippen LogP) is 5.32. The number of aryl methyl sites for hydroxylation is 6. The van der Waals surface area contributed by atoms with Crippen molar-refractivity contribution in [3.05, 3.63) is 74.8 Å². The molecular formula is C21H24O2. The zero-order valence-corrected chi connectivity index (χ0v) is 14.7. The Morgan fingerprint density at radius 2 is 1.09 bits per heavy atom. The number of aliphatic hydroxyl groups excluding tert-OH is 1.